The quantitative estimate of drug-likeness (QED) is 0.324. The molecule has 6 rings (SSSR count). The normalized spacial score (nSPS) is 17.8. The van der Waals surface area contributed by atoms with Gasteiger partial charge < -0.3 is 29.9 Å². The highest BCUT2D eigenvalue weighted by Gasteiger charge is 2.28. The first-order valence-corrected chi connectivity index (χ1v) is 18.3. The van der Waals surface area contributed by atoms with Crippen LogP contribution in [0, 0.1) is 6.92 Å². The van der Waals surface area contributed by atoms with E-state index >= 15 is 0 Å². The molecule has 0 atom stereocenters. The number of likely N-dealkylation sites (N-methyl/N-ethyl adjacent to an activating group) is 1. The van der Waals surface area contributed by atoms with Gasteiger partial charge in [0.1, 0.15) is 17.3 Å². The molecule has 0 saturated carbocycles. The smallest absolute Gasteiger partial charge is 0.232 e. The van der Waals surface area contributed by atoms with E-state index in [1.54, 1.807) is 13.3 Å². The van der Waals surface area contributed by atoms with Gasteiger partial charge in [0.2, 0.25) is 16.0 Å². The van der Waals surface area contributed by atoms with Gasteiger partial charge >= 0.3 is 0 Å². The lowest BCUT2D eigenvalue weighted by Gasteiger charge is -2.43. The van der Waals surface area contributed by atoms with Gasteiger partial charge in [-0.05, 0) is 66.0 Å². The van der Waals surface area contributed by atoms with E-state index in [2.05, 4.69) is 72.4 Å². The minimum Gasteiger partial charge on any atom is -0.494 e. The Labute approximate surface area is 280 Å². The van der Waals surface area contributed by atoms with Crippen molar-refractivity contribution in [3.05, 3.63) is 46.1 Å². The van der Waals surface area contributed by atoms with Crippen LogP contribution >= 0.6 is 15.9 Å². The lowest BCUT2D eigenvalue weighted by molar-refractivity contribution is 0.0982. The minimum absolute atomic E-state index is 0.361. The first-order chi connectivity index (χ1) is 22.0. The number of fused-ring (bicyclic) bond motifs is 1. The van der Waals surface area contributed by atoms with E-state index < -0.39 is 10.0 Å². The molecular formula is C32H43BrN8O4S. The van der Waals surface area contributed by atoms with E-state index in [0.717, 1.165) is 81.1 Å². The average molecular weight is 716 g/mol. The molecule has 2 saturated heterocycles. The summed E-state index contributed by atoms with van der Waals surface area (Å²) in [7, 11) is 1.91. The van der Waals surface area contributed by atoms with Crippen molar-refractivity contribution < 1.29 is 17.9 Å². The van der Waals surface area contributed by atoms with Gasteiger partial charge in [0.25, 0.3) is 0 Å². The number of aromatic nitrogens is 2. The molecule has 0 amide bonds. The molecular weight excluding hydrogens is 672 g/mol. The Morgan fingerprint density at radius 2 is 1.78 bits per heavy atom. The second kappa shape index (κ2) is 13.4. The fourth-order valence-electron chi connectivity index (χ4n) is 6.46. The van der Waals surface area contributed by atoms with Crippen molar-refractivity contribution >= 4 is 60.5 Å². The Balaban J connectivity index is 1.20. The summed E-state index contributed by atoms with van der Waals surface area (Å²) in [4.78, 5) is 16.8. The second-order valence-electron chi connectivity index (χ2n) is 12.3. The topological polar surface area (TPSA) is 115 Å². The third-order valence-corrected chi connectivity index (χ3v) is 11.0. The summed E-state index contributed by atoms with van der Waals surface area (Å²) in [6, 6.07) is 8.50. The van der Waals surface area contributed by atoms with Crippen LogP contribution in [0.15, 0.2) is 34.9 Å². The molecule has 12 nitrogen and oxygen atoms in total. The number of hydrogen-bond donors (Lipinski definition) is 2. The van der Waals surface area contributed by atoms with Gasteiger partial charge in [-0.25, -0.2) is 13.4 Å². The molecule has 0 radical (unpaired) electrons. The Morgan fingerprint density at radius 1 is 1.04 bits per heavy atom. The minimum atomic E-state index is -3.51. The second-order valence-corrected chi connectivity index (χ2v) is 15.2. The molecule has 0 bridgehead atoms. The number of halogens is 1. The number of nitrogens with one attached hydrogen (secondary N) is 2. The number of piperazine rings is 1. The fourth-order valence-corrected chi connectivity index (χ4v) is 7.26. The lowest BCUT2D eigenvalue weighted by Crippen LogP contribution is -2.52. The highest BCUT2D eigenvalue weighted by atomic mass is 79.9. The van der Waals surface area contributed by atoms with Gasteiger partial charge in [-0.2, -0.15) is 4.98 Å². The predicted molar refractivity (Wildman–Crippen MR) is 187 cm³/mol. The van der Waals surface area contributed by atoms with Crippen LogP contribution in [0.5, 0.6) is 11.5 Å². The maximum absolute atomic E-state index is 12.5. The molecule has 4 heterocycles. The number of sulfonamides is 1. The molecule has 14 heteroatoms. The number of benzene rings is 2. The molecule has 3 aliphatic heterocycles. The molecule has 3 aromatic rings. The van der Waals surface area contributed by atoms with Crippen LogP contribution in [0.2, 0.25) is 0 Å². The van der Waals surface area contributed by atoms with Crippen LogP contribution in [-0.4, -0.2) is 108 Å². The SMILES string of the molecule is COc1cc(N2CCC(N3CCN(C)CC3)CC2)c(C)cc1Nc1ncc(Br)c(Nc2cc3c(cc2N(C)S(C)(=O)=O)CCO3)n1. The van der Waals surface area contributed by atoms with Gasteiger partial charge in [0.15, 0.2) is 0 Å². The fraction of sp³-hybridized carbons (Fsp3) is 0.500. The average Bonchev–Trinajstić information content (AvgIpc) is 3.50. The molecule has 0 aliphatic carbocycles. The van der Waals surface area contributed by atoms with Gasteiger partial charge in [-0.1, -0.05) is 0 Å². The van der Waals surface area contributed by atoms with E-state index in [9.17, 15) is 8.42 Å². The molecule has 0 unspecified atom stereocenters. The first-order valence-electron chi connectivity index (χ1n) is 15.7. The number of hydrogen-bond acceptors (Lipinski definition) is 11. The summed E-state index contributed by atoms with van der Waals surface area (Å²) in [5.41, 5.74) is 5.10. The number of rotatable bonds is 9. The molecule has 46 heavy (non-hydrogen) atoms. The van der Waals surface area contributed by atoms with E-state index in [0.29, 0.717) is 46.0 Å². The van der Waals surface area contributed by atoms with Crippen LogP contribution in [0.3, 0.4) is 0 Å². The van der Waals surface area contributed by atoms with E-state index in [4.69, 9.17) is 14.5 Å². The standard InChI is InChI=1S/C32H43BrN8O4S/c1-21-16-26(30(44-4)19-27(21)41-9-6-23(7-10-41)40-13-11-38(2)12-14-40)36-32-34-20-24(33)31(37-32)35-25-18-29-22(8-15-45-29)17-28(25)39(3)46(5,42)43/h16-20,23H,6-15H2,1-5H3,(H2,34,35,36,37). The highest BCUT2D eigenvalue weighted by Crippen LogP contribution is 2.40. The summed E-state index contributed by atoms with van der Waals surface area (Å²) >= 11 is 3.55. The maximum atomic E-state index is 12.5. The molecule has 1 aromatic heterocycles. The zero-order valence-electron chi connectivity index (χ0n) is 27.1. The first kappa shape index (κ1) is 32.6. The zero-order chi connectivity index (χ0) is 32.6. The lowest BCUT2D eigenvalue weighted by atomic mass is 10.0. The summed E-state index contributed by atoms with van der Waals surface area (Å²) in [5, 5.41) is 6.64. The largest absolute Gasteiger partial charge is 0.494 e. The summed E-state index contributed by atoms with van der Waals surface area (Å²) in [6.07, 6.45) is 5.87. The predicted octanol–water partition coefficient (Wildman–Crippen LogP) is 4.59. The Kier molecular flexibility index (Phi) is 9.51. The van der Waals surface area contributed by atoms with Gasteiger partial charge in [-0.3, -0.25) is 9.21 Å². The molecule has 3 aliphatic rings. The van der Waals surface area contributed by atoms with Crippen molar-refractivity contribution in [2.75, 3.05) is 93.2 Å². The molecule has 0 spiro atoms. The summed E-state index contributed by atoms with van der Waals surface area (Å²) in [5.74, 6) is 2.25. The van der Waals surface area contributed by atoms with Crippen LogP contribution < -0.4 is 29.3 Å². The van der Waals surface area contributed by atoms with Crippen LogP contribution in [0.4, 0.5) is 34.5 Å². The summed E-state index contributed by atoms with van der Waals surface area (Å²) in [6.45, 7) is 9.32. The maximum Gasteiger partial charge on any atom is 0.232 e. The van der Waals surface area contributed by atoms with Crippen LogP contribution in [0.25, 0.3) is 0 Å². The van der Waals surface area contributed by atoms with Crippen molar-refractivity contribution in [3.8, 4) is 11.5 Å². The summed E-state index contributed by atoms with van der Waals surface area (Å²) < 4.78 is 38.4. The van der Waals surface area contributed by atoms with Gasteiger partial charge in [0, 0.05) is 82.8 Å². The van der Waals surface area contributed by atoms with Gasteiger partial charge in [0.05, 0.1) is 41.5 Å². The Hall–Kier alpha value is -3.33. The third kappa shape index (κ3) is 6.99. The number of nitrogens with zero attached hydrogens (tertiary/aromatic N) is 6. The molecule has 2 fully saturated rings. The third-order valence-electron chi connectivity index (χ3n) is 9.27. The highest BCUT2D eigenvalue weighted by molar-refractivity contribution is 9.10. The van der Waals surface area contributed by atoms with E-state index in [-0.39, 0.29) is 0 Å². The monoisotopic (exact) mass is 714 g/mol. The number of piperidine rings is 1. The van der Waals surface area contributed by atoms with Crippen LogP contribution in [0.1, 0.15) is 24.0 Å². The number of methoxy groups -OCH3 is 1. The van der Waals surface area contributed by atoms with Crippen LogP contribution in [-0.2, 0) is 16.4 Å². The van der Waals surface area contributed by atoms with Crippen molar-refractivity contribution in [1.82, 2.24) is 19.8 Å². The number of ether oxygens (including phenoxy) is 2. The van der Waals surface area contributed by atoms with Crippen molar-refractivity contribution in [1.29, 1.82) is 0 Å². The van der Waals surface area contributed by atoms with Crippen molar-refractivity contribution in [2.24, 2.45) is 0 Å². The molecule has 2 N–H and O–H groups in total. The number of aryl methyl sites for hydroxylation is 1. The molecule has 2 aromatic carbocycles. The van der Waals surface area contributed by atoms with Crippen molar-refractivity contribution in [3.63, 3.8) is 0 Å². The van der Waals surface area contributed by atoms with E-state index in [1.165, 1.54) is 23.3 Å². The van der Waals surface area contributed by atoms with Gasteiger partial charge in [-0.15, -0.1) is 0 Å². The van der Waals surface area contributed by atoms with E-state index in [1.807, 2.05) is 12.1 Å². The van der Waals surface area contributed by atoms with Crippen molar-refractivity contribution in [2.45, 2.75) is 32.2 Å². The zero-order valence-corrected chi connectivity index (χ0v) is 29.5. The number of anilines is 6. The molecule has 248 valence electrons. The Bertz CT molecular complexity index is 1690. The Morgan fingerprint density at radius 3 is 2.48 bits per heavy atom.